The molecule has 1 aromatic rings. The summed E-state index contributed by atoms with van der Waals surface area (Å²) in [6.07, 6.45) is 2.61. The van der Waals surface area contributed by atoms with Crippen molar-refractivity contribution < 1.29 is 19.1 Å². The highest BCUT2D eigenvalue weighted by Gasteiger charge is 2.25. The van der Waals surface area contributed by atoms with Crippen LogP contribution in [-0.2, 0) is 14.3 Å². The van der Waals surface area contributed by atoms with Crippen LogP contribution in [0, 0.1) is 0 Å². The van der Waals surface area contributed by atoms with Crippen molar-refractivity contribution in [3.05, 3.63) is 35.4 Å². The number of para-hydroxylation sites is 1. The van der Waals surface area contributed by atoms with Crippen molar-refractivity contribution in [1.82, 2.24) is 5.32 Å². The number of ether oxygens (including phenoxy) is 2. The van der Waals surface area contributed by atoms with E-state index in [0.717, 1.165) is 11.3 Å². The highest BCUT2D eigenvalue weighted by molar-refractivity contribution is 5.99. The molecule has 0 saturated heterocycles. The predicted octanol–water partition coefficient (Wildman–Crippen LogP) is 2.31. The Morgan fingerprint density at radius 1 is 1.32 bits per heavy atom. The first-order chi connectivity index (χ1) is 10.4. The monoisotopic (exact) mass is 303 g/mol. The van der Waals surface area contributed by atoms with Crippen molar-refractivity contribution in [2.24, 2.45) is 0 Å². The maximum atomic E-state index is 12.4. The number of carbonyl (C=O) groups is 2. The first kappa shape index (κ1) is 16.1. The lowest BCUT2D eigenvalue weighted by atomic mass is 9.97. The van der Waals surface area contributed by atoms with E-state index in [0.29, 0.717) is 12.0 Å². The van der Waals surface area contributed by atoms with Crippen molar-refractivity contribution in [3.63, 3.8) is 0 Å². The van der Waals surface area contributed by atoms with E-state index in [9.17, 15) is 9.59 Å². The lowest BCUT2D eigenvalue weighted by Gasteiger charge is -2.27. The molecule has 1 N–H and O–H groups in total. The van der Waals surface area contributed by atoms with E-state index in [1.807, 2.05) is 44.2 Å². The third-order valence-electron chi connectivity index (χ3n) is 3.56. The van der Waals surface area contributed by atoms with Crippen molar-refractivity contribution in [2.75, 3.05) is 13.7 Å². The first-order valence-electron chi connectivity index (χ1n) is 7.23. The highest BCUT2D eigenvalue weighted by Crippen LogP contribution is 2.26. The van der Waals surface area contributed by atoms with E-state index in [1.165, 1.54) is 7.11 Å². The Balaban J connectivity index is 2.00. The third-order valence-corrected chi connectivity index (χ3v) is 3.56. The van der Waals surface area contributed by atoms with Crippen LogP contribution in [0.15, 0.2) is 29.8 Å². The fourth-order valence-electron chi connectivity index (χ4n) is 2.21. The topological polar surface area (TPSA) is 64.6 Å². The number of nitrogens with one attached hydrogen (secondary N) is 1. The van der Waals surface area contributed by atoms with Gasteiger partial charge < -0.3 is 14.8 Å². The molecule has 5 nitrogen and oxygen atoms in total. The Hall–Kier alpha value is -2.30. The second kappa shape index (κ2) is 6.64. The van der Waals surface area contributed by atoms with Gasteiger partial charge in [-0.25, -0.2) is 0 Å². The maximum absolute atomic E-state index is 12.4. The molecule has 2 rings (SSSR count). The van der Waals surface area contributed by atoms with Gasteiger partial charge in [0.05, 0.1) is 12.7 Å². The minimum Gasteiger partial charge on any atom is -0.488 e. The summed E-state index contributed by atoms with van der Waals surface area (Å²) in [7, 11) is 1.36. The van der Waals surface area contributed by atoms with E-state index >= 15 is 0 Å². The molecule has 1 aliphatic rings. The van der Waals surface area contributed by atoms with E-state index in [1.54, 1.807) is 0 Å². The summed E-state index contributed by atoms with van der Waals surface area (Å²) >= 11 is 0. The summed E-state index contributed by atoms with van der Waals surface area (Å²) < 4.78 is 10.2. The van der Waals surface area contributed by atoms with Crippen LogP contribution in [-0.4, -0.2) is 31.1 Å². The molecule has 0 bridgehead atoms. The van der Waals surface area contributed by atoms with Crippen LogP contribution in [0.5, 0.6) is 5.75 Å². The number of fused-ring (bicyclic) bond motifs is 1. The van der Waals surface area contributed by atoms with Gasteiger partial charge in [0.2, 0.25) is 0 Å². The van der Waals surface area contributed by atoms with E-state index in [-0.39, 0.29) is 24.9 Å². The van der Waals surface area contributed by atoms with Gasteiger partial charge in [-0.15, -0.1) is 0 Å². The fraction of sp³-hybridized carbons (Fsp3) is 0.412. The molecule has 0 saturated carbocycles. The second-order valence-corrected chi connectivity index (χ2v) is 5.91. The molecule has 1 aromatic carbocycles. The summed E-state index contributed by atoms with van der Waals surface area (Å²) in [6.45, 7) is 4.01. The van der Waals surface area contributed by atoms with Crippen LogP contribution in [0.1, 0.15) is 32.3 Å². The van der Waals surface area contributed by atoms with Gasteiger partial charge in [-0.05, 0) is 32.4 Å². The molecule has 5 heteroatoms. The molecule has 118 valence electrons. The molecule has 0 aromatic heterocycles. The van der Waals surface area contributed by atoms with Gasteiger partial charge in [-0.3, -0.25) is 9.59 Å². The van der Waals surface area contributed by atoms with Crippen LogP contribution in [0.25, 0.3) is 6.08 Å². The van der Waals surface area contributed by atoms with Crippen molar-refractivity contribution in [1.29, 1.82) is 0 Å². The third kappa shape index (κ3) is 4.10. The lowest BCUT2D eigenvalue weighted by Crippen LogP contribution is -2.45. The molecule has 0 spiro atoms. The second-order valence-electron chi connectivity index (χ2n) is 5.91. The zero-order valence-corrected chi connectivity index (χ0v) is 13.1. The predicted molar refractivity (Wildman–Crippen MR) is 83.4 cm³/mol. The maximum Gasteiger partial charge on any atom is 0.305 e. The van der Waals surface area contributed by atoms with Gasteiger partial charge in [0.25, 0.3) is 5.91 Å². The van der Waals surface area contributed by atoms with Gasteiger partial charge in [0.15, 0.2) is 0 Å². The molecule has 1 amide bonds. The minimum absolute atomic E-state index is 0.177. The quantitative estimate of drug-likeness (QED) is 0.848. The summed E-state index contributed by atoms with van der Waals surface area (Å²) in [6, 6.07) is 7.58. The minimum atomic E-state index is -0.497. The molecular formula is C17H21NO4. The Bertz CT molecular complexity index is 604. The molecule has 0 unspecified atom stereocenters. The van der Waals surface area contributed by atoms with Crippen molar-refractivity contribution in [3.8, 4) is 5.75 Å². The smallest absolute Gasteiger partial charge is 0.305 e. The number of hydrogen-bond donors (Lipinski definition) is 1. The standard InChI is InChI=1S/C17H21NO4/c1-17(2,9-8-15(19)21-3)18-16(20)13-10-12-6-4-5-7-14(12)22-11-13/h4-7,10H,8-9,11H2,1-3H3,(H,18,20). The van der Waals surface area contributed by atoms with E-state index < -0.39 is 5.54 Å². The molecule has 0 aliphatic carbocycles. The molecule has 0 atom stereocenters. The molecular weight excluding hydrogens is 282 g/mol. The van der Waals surface area contributed by atoms with Gasteiger partial charge in [-0.1, -0.05) is 18.2 Å². The zero-order chi connectivity index (χ0) is 16.2. The van der Waals surface area contributed by atoms with Crippen LogP contribution in [0.3, 0.4) is 0 Å². The fourth-order valence-corrected chi connectivity index (χ4v) is 2.21. The molecule has 1 heterocycles. The van der Waals surface area contributed by atoms with Crippen molar-refractivity contribution >= 4 is 18.0 Å². The van der Waals surface area contributed by atoms with Crippen molar-refractivity contribution in [2.45, 2.75) is 32.2 Å². The number of carbonyl (C=O) groups excluding carboxylic acids is 2. The number of rotatable bonds is 5. The number of methoxy groups -OCH3 is 1. The van der Waals surface area contributed by atoms with Crippen LogP contribution < -0.4 is 10.1 Å². The van der Waals surface area contributed by atoms with Gasteiger partial charge >= 0.3 is 5.97 Å². The normalized spacial score (nSPS) is 13.5. The number of esters is 1. The van der Waals surface area contributed by atoms with Gasteiger partial charge in [0.1, 0.15) is 12.4 Å². The highest BCUT2D eigenvalue weighted by atomic mass is 16.5. The summed E-state index contributed by atoms with van der Waals surface area (Å²) in [5, 5.41) is 2.94. The summed E-state index contributed by atoms with van der Waals surface area (Å²) in [4.78, 5) is 23.6. The van der Waals surface area contributed by atoms with Crippen LogP contribution in [0.4, 0.5) is 0 Å². The lowest BCUT2D eigenvalue weighted by molar-refractivity contribution is -0.141. The SMILES string of the molecule is COC(=O)CCC(C)(C)NC(=O)C1=Cc2ccccc2OC1. The Kier molecular flexibility index (Phi) is 4.85. The summed E-state index contributed by atoms with van der Waals surface area (Å²) in [5.41, 5.74) is 0.972. The number of amides is 1. The first-order valence-corrected chi connectivity index (χ1v) is 7.23. The van der Waals surface area contributed by atoms with E-state index in [4.69, 9.17) is 4.74 Å². The Morgan fingerprint density at radius 3 is 2.77 bits per heavy atom. The molecule has 22 heavy (non-hydrogen) atoms. The Morgan fingerprint density at radius 2 is 2.05 bits per heavy atom. The zero-order valence-electron chi connectivity index (χ0n) is 13.1. The average molecular weight is 303 g/mol. The van der Waals surface area contributed by atoms with Gasteiger partial charge in [-0.2, -0.15) is 0 Å². The average Bonchev–Trinajstić information content (AvgIpc) is 2.51. The largest absolute Gasteiger partial charge is 0.488 e. The summed E-state index contributed by atoms with van der Waals surface area (Å²) in [5.74, 6) is 0.324. The Labute approximate surface area is 130 Å². The van der Waals surface area contributed by atoms with Crippen LogP contribution >= 0.6 is 0 Å². The van der Waals surface area contributed by atoms with E-state index in [2.05, 4.69) is 10.1 Å². The number of hydrogen-bond acceptors (Lipinski definition) is 4. The molecule has 1 aliphatic heterocycles. The molecule has 0 fully saturated rings. The molecule has 0 radical (unpaired) electrons. The number of benzene rings is 1. The van der Waals surface area contributed by atoms with Gasteiger partial charge in [0, 0.05) is 17.5 Å². The van der Waals surface area contributed by atoms with Crippen LogP contribution in [0.2, 0.25) is 0 Å².